The fraction of sp³-hybridized carbons (Fsp3) is 0.550. The molecule has 2 atom stereocenters. The molecule has 2 aliphatic rings. The predicted octanol–water partition coefficient (Wildman–Crippen LogP) is 2.16. The van der Waals surface area contributed by atoms with Gasteiger partial charge in [0.2, 0.25) is 11.8 Å². The van der Waals surface area contributed by atoms with Crippen LogP contribution in [0.5, 0.6) is 0 Å². The van der Waals surface area contributed by atoms with E-state index in [0.29, 0.717) is 6.54 Å². The van der Waals surface area contributed by atoms with Crippen LogP contribution < -0.4 is 5.32 Å². The summed E-state index contributed by atoms with van der Waals surface area (Å²) in [5.41, 5.74) is 0.179. The van der Waals surface area contributed by atoms with E-state index >= 15 is 0 Å². The number of hydrogen-bond donors (Lipinski definition) is 1. The number of ether oxygens (including phenoxy) is 1. The first-order valence-corrected chi connectivity index (χ1v) is 9.14. The van der Waals surface area contributed by atoms with Crippen molar-refractivity contribution in [3.8, 4) is 0 Å². The number of rotatable bonds is 4. The Labute approximate surface area is 154 Å². The molecule has 0 radical (unpaired) electrons. The highest BCUT2D eigenvalue weighted by molar-refractivity contribution is 5.92. The van der Waals surface area contributed by atoms with E-state index in [9.17, 15) is 9.59 Å². The Hall–Kier alpha value is -2.21. The summed E-state index contributed by atoms with van der Waals surface area (Å²) < 4.78 is 6.22. The van der Waals surface area contributed by atoms with Gasteiger partial charge in [0.25, 0.3) is 0 Å². The summed E-state index contributed by atoms with van der Waals surface area (Å²) in [6, 6.07) is 3.72. The molecule has 3 heterocycles. The largest absolute Gasteiger partial charge is 0.369 e. The van der Waals surface area contributed by atoms with Gasteiger partial charge in [-0.1, -0.05) is 0 Å². The lowest BCUT2D eigenvalue weighted by molar-refractivity contribution is -0.136. The molecule has 1 spiro atoms. The van der Waals surface area contributed by atoms with Crippen LogP contribution in [0.3, 0.4) is 0 Å². The van der Waals surface area contributed by atoms with E-state index in [-0.39, 0.29) is 29.9 Å². The second-order valence-corrected chi connectivity index (χ2v) is 7.73. The quantitative estimate of drug-likeness (QED) is 0.838. The van der Waals surface area contributed by atoms with Gasteiger partial charge >= 0.3 is 0 Å². The van der Waals surface area contributed by atoms with Crippen molar-refractivity contribution >= 4 is 17.9 Å². The zero-order valence-corrected chi connectivity index (χ0v) is 15.7. The van der Waals surface area contributed by atoms with E-state index in [1.807, 2.05) is 37.0 Å². The lowest BCUT2D eigenvalue weighted by Crippen LogP contribution is -2.53. The number of pyridine rings is 1. The van der Waals surface area contributed by atoms with Crippen LogP contribution in [0.25, 0.3) is 6.08 Å². The summed E-state index contributed by atoms with van der Waals surface area (Å²) in [7, 11) is 1.63. The maximum Gasteiger partial charge on any atom is 0.247 e. The highest BCUT2D eigenvalue weighted by Crippen LogP contribution is 2.48. The summed E-state index contributed by atoms with van der Waals surface area (Å²) in [5, 5.41) is 2.67. The number of likely N-dealkylation sites (tertiary alicyclic amines) is 1. The number of amides is 2. The van der Waals surface area contributed by atoms with E-state index < -0.39 is 5.54 Å². The van der Waals surface area contributed by atoms with Gasteiger partial charge in [-0.2, -0.15) is 0 Å². The van der Waals surface area contributed by atoms with Crippen molar-refractivity contribution in [3.63, 3.8) is 0 Å². The fourth-order valence-corrected chi connectivity index (χ4v) is 4.37. The lowest BCUT2D eigenvalue weighted by atomic mass is 9.82. The first kappa shape index (κ1) is 18.6. The summed E-state index contributed by atoms with van der Waals surface area (Å²) in [6.07, 6.45) is 9.37. The van der Waals surface area contributed by atoms with Gasteiger partial charge in [-0.05, 0) is 50.5 Å². The molecule has 1 aromatic rings. The second kappa shape index (κ2) is 7.19. The molecule has 6 heteroatoms. The van der Waals surface area contributed by atoms with Crippen LogP contribution in [0.15, 0.2) is 30.6 Å². The molecule has 26 heavy (non-hydrogen) atoms. The van der Waals surface area contributed by atoms with Crippen LogP contribution in [0.2, 0.25) is 0 Å². The summed E-state index contributed by atoms with van der Waals surface area (Å²) >= 11 is 0. The zero-order valence-electron chi connectivity index (χ0n) is 15.7. The van der Waals surface area contributed by atoms with Gasteiger partial charge < -0.3 is 15.0 Å². The molecule has 0 unspecified atom stereocenters. The van der Waals surface area contributed by atoms with Crippen LogP contribution in [-0.2, 0) is 14.3 Å². The van der Waals surface area contributed by atoms with Gasteiger partial charge in [-0.15, -0.1) is 0 Å². The zero-order chi connectivity index (χ0) is 18.8. The van der Waals surface area contributed by atoms with E-state index in [0.717, 1.165) is 24.8 Å². The lowest BCUT2D eigenvalue weighted by Gasteiger charge is -2.38. The molecule has 6 nitrogen and oxygen atoms in total. The van der Waals surface area contributed by atoms with Gasteiger partial charge in [0.05, 0.1) is 23.7 Å². The number of carbonyl (C=O) groups is 2. The smallest absolute Gasteiger partial charge is 0.247 e. The van der Waals surface area contributed by atoms with E-state index in [1.54, 1.807) is 25.5 Å². The van der Waals surface area contributed by atoms with Crippen molar-refractivity contribution in [3.05, 3.63) is 36.2 Å². The minimum atomic E-state index is -0.407. The van der Waals surface area contributed by atoms with Crippen LogP contribution in [0, 0.1) is 0 Å². The Bertz CT molecular complexity index is 702. The number of nitrogens with zero attached hydrogens (tertiary/aromatic N) is 2. The third kappa shape index (κ3) is 3.65. The van der Waals surface area contributed by atoms with Crippen LogP contribution in [-0.4, -0.2) is 52.5 Å². The minimum absolute atomic E-state index is 0.0254. The Kier molecular flexibility index (Phi) is 5.14. The van der Waals surface area contributed by atoms with Crippen LogP contribution in [0.4, 0.5) is 0 Å². The predicted molar refractivity (Wildman–Crippen MR) is 99.2 cm³/mol. The van der Waals surface area contributed by atoms with Gasteiger partial charge in [-0.3, -0.25) is 14.6 Å². The van der Waals surface area contributed by atoms with Crippen molar-refractivity contribution in [1.82, 2.24) is 15.2 Å². The molecule has 2 fully saturated rings. The number of aromatic nitrogens is 1. The van der Waals surface area contributed by atoms with Gasteiger partial charge in [0, 0.05) is 38.5 Å². The van der Waals surface area contributed by atoms with Crippen molar-refractivity contribution in [2.75, 3.05) is 13.6 Å². The Morgan fingerprint density at radius 2 is 2.12 bits per heavy atom. The van der Waals surface area contributed by atoms with Crippen molar-refractivity contribution < 1.29 is 14.3 Å². The van der Waals surface area contributed by atoms with Crippen LogP contribution in [0.1, 0.15) is 45.1 Å². The van der Waals surface area contributed by atoms with E-state index in [2.05, 4.69) is 10.3 Å². The van der Waals surface area contributed by atoms with Crippen LogP contribution >= 0.6 is 0 Å². The SMILES string of the molecule is CNC(=O)C[C@@H]1OC(C)(C)C[C@]12CCCN2C(=O)/C=C/c1ccncc1. The molecule has 140 valence electrons. The maximum atomic E-state index is 13.0. The molecule has 3 rings (SSSR count). The summed E-state index contributed by atoms with van der Waals surface area (Å²) in [5.74, 6) is -0.0822. The topological polar surface area (TPSA) is 71.5 Å². The molecule has 2 saturated heterocycles. The fourth-order valence-electron chi connectivity index (χ4n) is 4.37. The normalized spacial score (nSPS) is 27.3. The average molecular weight is 357 g/mol. The Balaban J connectivity index is 1.83. The number of nitrogens with one attached hydrogen (secondary N) is 1. The van der Waals surface area contributed by atoms with E-state index in [1.165, 1.54) is 0 Å². The molecule has 1 aromatic heterocycles. The molecule has 0 aliphatic carbocycles. The monoisotopic (exact) mass is 357 g/mol. The van der Waals surface area contributed by atoms with Gasteiger partial charge in [-0.25, -0.2) is 0 Å². The standard InChI is InChI=1S/C20H27N3O3/c1-19(2)14-20(16(26-19)13-17(24)21-3)9-4-12-23(20)18(25)6-5-15-7-10-22-11-8-15/h5-8,10-11,16H,4,9,12-14H2,1-3H3,(H,21,24)/b6-5+/t16-,20+/m0/s1. The average Bonchev–Trinajstić information content (AvgIpc) is 3.14. The molecule has 0 aromatic carbocycles. The van der Waals surface area contributed by atoms with Crippen molar-refractivity contribution in [2.45, 2.75) is 56.8 Å². The third-order valence-corrected chi connectivity index (χ3v) is 5.36. The molecule has 2 amide bonds. The molecule has 0 bridgehead atoms. The van der Waals surface area contributed by atoms with Gasteiger partial charge in [0.15, 0.2) is 0 Å². The van der Waals surface area contributed by atoms with E-state index in [4.69, 9.17) is 4.74 Å². The minimum Gasteiger partial charge on any atom is -0.369 e. The number of hydrogen-bond acceptors (Lipinski definition) is 4. The van der Waals surface area contributed by atoms with Crippen molar-refractivity contribution in [1.29, 1.82) is 0 Å². The summed E-state index contributed by atoms with van der Waals surface area (Å²) in [4.78, 5) is 30.9. The first-order valence-electron chi connectivity index (χ1n) is 9.14. The molecular formula is C20H27N3O3. The maximum absolute atomic E-state index is 13.0. The Morgan fingerprint density at radius 1 is 1.38 bits per heavy atom. The van der Waals surface area contributed by atoms with Gasteiger partial charge in [0.1, 0.15) is 0 Å². The molecule has 2 aliphatic heterocycles. The highest BCUT2D eigenvalue weighted by atomic mass is 16.5. The molecule has 1 N–H and O–H groups in total. The third-order valence-electron chi connectivity index (χ3n) is 5.36. The second-order valence-electron chi connectivity index (χ2n) is 7.73. The highest BCUT2D eigenvalue weighted by Gasteiger charge is 2.58. The van der Waals surface area contributed by atoms with Crippen molar-refractivity contribution in [2.24, 2.45) is 0 Å². The number of carbonyl (C=O) groups excluding carboxylic acids is 2. The summed E-state index contributed by atoms with van der Waals surface area (Å²) in [6.45, 7) is 4.77. The first-order chi connectivity index (χ1) is 12.4. The molecular weight excluding hydrogens is 330 g/mol. The molecule has 0 saturated carbocycles. The Morgan fingerprint density at radius 3 is 2.81 bits per heavy atom.